The van der Waals surface area contributed by atoms with E-state index in [1.54, 1.807) is 12.1 Å². The van der Waals surface area contributed by atoms with E-state index in [4.69, 9.17) is 9.47 Å². The van der Waals surface area contributed by atoms with Crippen LogP contribution in [0.3, 0.4) is 0 Å². The molecule has 0 saturated carbocycles. The van der Waals surface area contributed by atoms with E-state index in [0.717, 1.165) is 6.07 Å². The van der Waals surface area contributed by atoms with Gasteiger partial charge in [0, 0.05) is 25.6 Å². The third kappa shape index (κ3) is 7.47. The smallest absolute Gasteiger partial charge is 0.416 e. The van der Waals surface area contributed by atoms with Gasteiger partial charge in [-0.2, -0.15) is 17.5 Å². The third-order valence-electron chi connectivity index (χ3n) is 5.31. The number of rotatable bonds is 9. The molecule has 0 atom stereocenters. The summed E-state index contributed by atoms with van der Waals surface area (Å²) in [4.78, 5) is 34.1. The molecular weight excluding hydrogens is 523 g/mol. The lowest BCUT2D eigenvalue weighted by Gasteiger charge is -2.26. The highest BCUT2D eigenvalue weighted by atomic mass is 32.2. The van der Waals surface area contributed by atoms with Crippen LogP contribution < -0.4 is 5.32 Å². The zero-order valence-electron chi connectivity index (χ0n) is 19.2. The lowest BCUT2D eigenvalue weighted by Crippen LogP contribution is -2.40. The van der Waals surface area contributed by atoms with Crippen LogP contribution in [0.25, 0.3) is 0 Å². The number of nitrogens with one attached hydrogen (secondary N) is 1. The van der Waals surface area contributed by atoms with Gasteiger partial charge < -0.3 is 14.8 Å². The number of alkyl halides is 3. The summed E-state index contributed by atoms with van der Waals surface area (Å²) in [6.07, 6.45) is -4.77. The number of aryl methyl sites for hydroxylation is 1. The lowest BCUT2D eigenvalue weighted by molar-refractivity contribution is -0.384. The summed E-state index contributed by atoms with van der Waals surface area (Å²) in [7, 11) is -3.65. The lowest BCUT2D eigenvalue weighted by atomic mass is 10.1. The molecule has 1 aliphatic heterocycles. The van der Waals surface area contributed by atoms with E-state index in [9.17, 15) is 41.3 Å². The summed E-state index contributed by atoms with van der Waals surface area (Å²) in [5.74, 6) is -1.75. The molecule has 1 N–H and O–H groups in total. The Morgan fingerprint density at radius 2 is 1.76 bits per heavy atom. The molecule has 2 aromatic carbocycles. The van der Waals surface area contributed by atoms with E-state index >= 15 is 0 Å². The maximum atomic E-state index is 12.8. The van der Waals surface area contributed by atoms with Crippen molar-refractivity contribution in [1.29, 1.82) is 0 Å². The number of nitro groups is 1. The van der Waals surface area contributed by atoms with Crippen molar-refractivity contribution in [2.24, 2.45) is 0 Å². The predicted octanol–water partition coefficient (Wildman–Crippen LogP) is 2.75. The summed E-state index contributed by atoms with van der Waals surface area (Å²) >= 11 is 0. The van der Waals surface area contributed by atoms with Gasteiger partial charge >= 0.3 is 12.1 Å². The Morgan fingerprint density at radius 1 is 1.11 bits per heavy atom. The summed E-state index contributed by atoms with van der Waals surface area (Å²) < 4.78 is 74.9. The normalized spacial score (nSPS) is 14.7. The van der Waals surface area contributed by atoms with Crippen molar-refractivity contribution in [3.8, 4) is 0 Å². The Labute approximate surface area is 209 Å². The Kier molecular flexibility index (Phi) is 8.83. The fraction of sp³-hybridized carbons (Fsp3) is 0.364. The molecule has 1 heterocycles. The minimum Gasteiger partial charge on any atom is -0.456 e. The van der Waals surface area contributed by atoms with Gasteiger partial charge in [0.2, 0.25) is 10.0 Å². The second kappa shape index (κ2) is 11.7. The Hall–Kier alpha value is -3.56. The van der Waals surface area contributed by atoms with Crippen LogP contribution >= 0.6 is 0 Å². The van der Waals surface area contributed by atoms with Crippen LogP contribution in [0.1, 0.15) is 17.5 Å². The minimum atomic E-state index is -4.81. The number of carbonyl (C=O) groups is 2. The van der Waals surface area contributed by atoms with Crippen LogP contribution in [0.2, 0.25) is 0 Å². The van der Waals surface area contributed by atoms with Gasteiger partial charge in [0.25, 0.3) is 11.6 Å². The number of hydrogen-bond donors (Lipinski definition) is 1. The number of hydrogen-bond acceptors (Lipinski definition) is 8. The number of carbonyl (C=O) groups excluding carboxylic acids is 2. The predicted molar refractivity (Wildman–Crippen MR) is 122 cm³/mol. The third-order valence-corrected chi connectivity index (χ3v) is 7.22. The van der Waals surface area contributed by atoms with Crippen LogP contribution in [-0.2, 0) is 41.7 Å². The first-order chi connectivity index (χ1) is 17.4. The monoisotopic (exact) mass is 545 g/mol. The molecule has 0 radical (unpaired) electrons. The topological polar surface area (TPSA) is 145 Å². The Balaban J connectivity index is 1.50. The molecule has 200 valence electrons. The number of sulfonamides is 1. The summed E-state index contributed by atoms with van der Waals surface area (Å²) in [5, 5.41) is 13.1. The minimum absolute atomic E-state index is 0.106. The highest BCUT2D eigenvalue weighted by Crippen LogP contribution is 2.35. The van der Waals surface area contributed by atoms with Crippen molar-refractivity contribution < 1.29 is 45.6 Å². The molecule has 0 bridgehead atoms. The van der Waals surface area contributed by atoms with Crippen molar-refractivity contribution in [3.05, 3.63) is 63.7 Å². The highest BCUT2D eigenvalue weighted by Gasteiger charge is 2.33. The molecule has 0 spiro atoms. The molecule has 37 heavy (non-hydrogen) atoms. The number of morpholine rings is 1. The average Bonchev–Trinajstić information content (AvgIpc) is 2.86. The first-order valence-corrected chi connectivity index (χ1v) is 12.3. The molecule has 11 nitrogen and oxygen atoms in total. The second-order valence-electron chi connectivity index (χ2n) is 7.86. The molecule has 0 aromatic heterocycles. The number of amides is 1. The summed E-state index contributed by atoms with van der Waals surface area (Å²) in [6, 6.07) is 7.56. The number of nitro benzene ring substituents is 1. The standard InChI is InChI=1S/C22H22F3N3O8S/c23-22(24,25)16-4-7-18(19(13-16)28(31)32)26-20(29)14-36-21(30)8-3-15-1-5-17(6-2-15)37(33,34)27-9-11-35-12-10-27/h1-2,4-7,13H,3,8-12,14H2,(H,26,29). The highest BCUT2D eigenvalue weighted by molar-refractivity contribution is 7.89. The largest absolute Gasteiger partial charge is 0.456 e. The van der Waals surface area contributed by atoms with Crippen molar-refractivity contribution in [1.82, 2.24) is 4.31 Å². The Morgan fingerprint density at radius 3 is 2.35 bits per heavy atom. The molecule has 0 unspecified atom stereocenters. The van der Waals surface area contributed by atoms with Gasteiger partial charge in [-0.25, -0.2) is 8.42 Å². The first-order valence-electron chi connectivity index (χ1n) is 10.9. The number of esters is 1. The quantitative estimate of drug-likeness (QED) is 0.288. The first kappa shape index (κ1) is 28.0. The van der Waals surface area contributed by atoms with Crippen LogP contribution in [-0.4, -0.2) is 62.4 Å². The molecule has 2 aromatic rings. The maximum Gasteiger partial charge on any atom is 0.416 e. The number of nitrogens with zero attached hydrogens (tertiary/aromatic N) is 2. The van der Waals surface area contributed by atoms with Gasteiger partial charge in [-0.3, -0.25) is 19.7 Å². The summed E-state index contributed by atoms with van der Waals surface area (Å²) in [6.45, 7) is 0.344. The number of anilines is 1. The van der Waals surface area contributed by atoms with Gasteiger partial charge in [-0.1, -0.05) is 12.1 Å². The molecule has 1 aliphatic rings. The van der Waals surface area contributed by atoms with E-state index in [-0.39, 0.29) is 30.8 Å². The van der Waals surface area contributed by atoms with Gasteiger partial charge in [0.1, 0.15) is 5.69 Å². The SMILES string of the molecule is O=C(COC(=O)CCc1ccc(S(=O)(=O)N2CCOCC2)cc1)Nc1ccc(C(F)(F)F)cc1[N+](=O)[O-]. The van der Waals surface area contributed by atoms with E-state index in [0.29, 0.717) is 30.9 Å². The van der Waals surface area contributed by atoms with E-state index in [2.05, 4.69) is 5.32 Å². The van der Waals surface area contributed by atoms with Crippen molar-refractivity contribution >= 4 is 33.3 Å². The number of halogens is 3. The van der Waals surface area contributed by atoms with Crippen LogP contribution in [0.5, 0.6) is 0 Å². The van der Waals surface area contributed by atoms with E-state index < -0.39 is 56.5 Å². The number of benzene rings is 2. The van der Waals surface area contributed by atoms with E-state index in [1.807, 2.05) is 0 Å². The maximum absolute atomic E-state index is 12.8. The van der Waals surface area contributed by atoms with Crippen molar-refractivity contribution in [2.45, 2.75) is 23.9 Å². The molecule has 1 saturated heterocycles. The molecular formula is C22H22F3N3O8S. The average molecular weight is 545 g/mol. The molecule has 1 amide bonds. The fourth-order valence-corrected chi connectivity index (χ4v) is 4.79. The van der Waals surface area contributed by atoms with Gasteiger partial charge in [-0.05, 0) is 36.2 Å². The molecule has 15 heteroatoms. The van der Waals surface area contributed by atoms with Crippen molar-refractivity contribution in [2.75, 3.05) is 38.2 Å². The second-order valence-corrected chi connectivity index (χ2v) is 9.79. The Bertz CT molecular complexity index is 1260. The summed E-state index contributed by atoms with van der Waals surface area (Å²) in [5.41, 5.74) is -2.06. The van der Waals surface area contributed by atoms with Crippen LogP contribution in [0.4, 0.5) is 24.5 Å². The molecule has 3 rings (SSSR count). The fourth-order valence-electron chi connectivity index (χ4n) is 3.38. The van der Waals surface area contributed by atoms with Crippen molar-refractivity contribution in [3.63, 3.8) is 0 Å². The zero-order valence-corrected chi connectivity index (χ0v) is 20.0. The van der Waals surface area contributed by atoms with Gasteiger partial charge in [0.15, 0.2) is 6.61 Å². The zero-order chi connectivity index (χ0) is 27.2. The van der Waals surface area contributed by atoms with Gasteiger partial charge in [-0.15, -0.1) is 0 Å². The van der Waals surface area contributed by atoms with Crippen LogP contribution in [0.15, 0.2) is 47.4 Å². The number of ether oxygens (including phenoxy) is 2. The van der Waals surface area contributed by atoms with Gasteiger partial charge in [0.05, 0.1) is 28.6 Å². The molecule has 1 fully saturated rings. The van der Waals surface area contributed by atoms with Crippen LogP contribution in [0, 0.1) is 10.1 Å². The van der Waals surface area contributed by atoms with E-state index in [1.165, 1.54) is 16.4 Å². The molecule has 0 aliphatic carbocycles.